The van der Waals surface area contributed by atoms with Crippen LogP contribution in [0, 0.1) is 11.3 Å². The molecule has 26 heavy (non-hydrogen) atoms. The molecule has 134 valence electrons. The van der Waals surface area contributed by atoms with E-state index in [0.717, 1.165) is 16.9 Å². The molecular weight excluding hydrogens is 328 g/mol. The smallest absolute Gasteiger partial charge is 0.246 e. The summed E-state index contributed by atoms with van der Waals surface area (Å²) in [4.78, 5) is 14.1. The van der Waals surface area contributed by atoms with Crippen molar-refractivity contribution >= 4 is 12.0 Å². The Balaban J connectivity index is 2.04. The van der Waals surface area contributed by atoms with Gasteiger partial charge in [-0.15, -0.1) is 0 Å². The van der Waals surface area contributed by atoms with E-state index < -0.39 is 0 Å². The van der Waals surface area contributed by atoms with Crippen LogP contribution in [0.15, 0.2) is 54.6 Å². The fraction of sp³-hybridized carbons (Fsp3) is 0.238. The standard InChI is InChI=1S/C21H22N2O3/c1-16(19-6-4-5-7-20(19)25-3)23(2)21(24)13-10-17-8-11-18(12-9-17)26-15-14-22/h4-13,16H,15H2,1-3H3/b13-10+. The van der Waals surface area contributed by atoms with Crippen LogP contribution < -0.4 is 9.47 Å². The van der Waals surface area contributed by atoms with E-state index in [1.807, 2.05) is 49.4 Å². The molecule has 0 spiro atoms. The van der Waals surface area contributed by atoms with Crippen molar-refractivity contribution in [1.82, 2.24) is 4.90 Å². The normalized spacial score (nSPS) is 11.6. The molecule has 0 N–H and O–H groups in total. The minimum absolute atomic E-state index is 0.0132. The highest BCUT2D eigenvalue weighted by Crippen LogP contribution is 2.28. The van der Waals surface area contributed by atoms with Crippen molar-refractivity contribution < 1.29 is 14.3 Å². The molecule has 0 aliphatic heterocycles. The molecule has 0 aliphatic rings. The van der Waals surface area contributed by atoms with Gasteiger partial charge in [-0.1, -0.05) is 30.3 Å². The Morgan fingerprint density at radius 2 is 1.92 bits per heavy atom. The molecule has 0 radical (unpaired) electrons. The van der Waals surface area contributed by atoms with Crippen molar-refractivity contribution in [2.45, 2.75) is 13.0 Å². The number of ether oxygens (including phenoxy) is 2. The highest BCUT2D eigenvalue weighted by atomic mass is 16.5. The van der Waals surface area contributed by atoms with Gasteiger partial charge in [-0.25, -0.2) is 0 Å². The molecular formula is C21H22N2O3. The van der Waals surface area contributed by atoms with Crippen molar-refractivity contribution in [3.63, 3.8) is 0 Å². The second kappa shape index (κ2) is 9.28. The van der Waals surface area contributed by atoms with Crippen molar-refractivity contribution in [2.75, 3.05) is 20.8 Å². The number of amides is 1. The lowest BCUT2D eigenvalue weighted by Crippen LogP contribution is -2.28. The Morgan fingerprint density at radius 3 is 2.58 bits per heavy atom. The first-order valence-corrected chi connectivity index (χ1v) is 8.24. The molecule has 1 atom stereocenters. The number of rotatable bonds is 7. The molecule has 0 heterocycles. The first-order chi connectivity index (χ1) is 12.6. The average molecular weight is 350 g/mol. The van der Waals surface area contributed by atoms with Gasteiger partial charge >= 0.3 is 0 Å². The molecule has 0 saturated carbocycles. The zero-order chi connectivity index (χ0) is 18.9. The average Bonchev–Trinajstić information content (AvgIpc) is 2.70. The number of carbonyl (C=O) groups is 1. The summed E-state index contributed by atoms with van der Waals surface area (Å²) in [6.07, 6.45) is 3.29. The molecule has 5 heteroatoms. The lowest BCUT2D eigenvalue weighted by molar-refractivity contribution is -0.126. The first-order valence-electron chi connectivity index (χ1n) is 8.24. The lowest BCUT2D eigenvalue weighted by atomic mass is 10.1. The third-order valence-electron chi connectivity index (χ3n) is 4.12. The van der Waals surface area contributed by atoms with Crippen LogP contribution in [-0.2, 0) is 4.79 Å². The fourth-order valence-corrected chi connectivity index (χ4v) is 2.49. The summed E-state index contributed by atoms with van der Waals surface area (Å²) in [6, 6.07) is 16.7. The lowest BCUT2D eigenvalue weighted by Gasteiger charge is -2.25. The van der Waals surface area contributed by atoms with E-state index in [-0.39, 0.29) is 18.6 Å². The summed E-state index contributed by atoms with van der Waals surface area (Å²) in [5.41, 5.74) is 1.83. The molecule has 2 aromatic carbocycles. The summed E-state index contributed by atoms with van der Waals surface area (Å²) in [5, 5.41) is 8.50. The third kappa shape index (κ3) is 4.87. The Morgan fingerprint density at radius 1 is 1.23 bits per heavy atom. The number of hydrogen-bond acceptors (Lipinski definition) is 4. The van der Waals surface area contributed by atoms with Crippen molar-refractivity contribution in [3.05, 3.63) is 65.7 Å². The van der Waals surface area contributed by atoms with E-state index in [0.29, 0.717) is 5.75 Å². The van der Waals surface area contributed by atoms with Crippen LogP contribution in [0.25, 0.3) is 6.08 Å². The van der Waals surface area contributed by atoms with Gasteiger partial charge in [0.15, 0.2) is 6.61 Å². The second-order valence-electron chi connectivity index (χ2n) is 5.72. The number of likely N-dealkylation sites (N-methyl/N-ethyl adjacent to an activating group) is 1. The van der Waals surface area contributed by atoms with Crippen molar-refractivity contribution in [2.24, 2.45) is 0 Å². The monoisotopic (exact) mass is 350 g/mol. The van der Waals surface area contributed by atoms with Gasteiger partial charge in [0, 0.05) is 18.7 Å². The van der Waals surface area contributed by atoms with Crippen LogP contribution in [0.5, 0.6) is 11.5 Å². The highest BCUT2D eigenvalue weighted by Gasteiger charge is 2.18. The van der Waals surface area contributed by atoms with Crippen molar-refractivity contribution in [3.8, 4) is 17.6 Å². The van der Waals surface area contributed by atoms with Gasteiger partial charge in [-0.2, -0.15) is 5.26 Å². The Labute approximate surface area is 154 Å². The first kappa shape index (κ1) is 19.1. The molecule has 0 bridgehead atoms. The third-order valence-corrected chi connectivity index (χ3v) is 4.12. The van der Waals surface area contributed by atoms with E-state index in [4.69, 9.17) is 14.7 Å². The summed E-state index contributed by atoms with van der Waals surface area (Å²) < 4.78 is 10.6. The Kier molecular flexibility index (Phi) is 6.81. The maximum Gasteiger partial charge on any atom is 0.246 e. The zero-order valence-corrected chi connectivity index (χ0v) is 15.2. The number of methoxy groups -OCH3 is 1. The number of benzene rings is 2. The number of nitriles is 1. The fourth-order valence-electron chi connectivity index (χ4n) is 2.49. The molecule has 2 rings (SSSR count). The maximum absolute atomic E-state index is 12.5. The number of para-hydroxylation sites is 1. The molecule has 5 nitrogen and oxygen atoms in total. The molecule has 0 aliphatic carbocycles. The molecule has 1 amide bonds. The van der Waals surface area contributed by atoms with E-state index in [9.17, 15) is 4.79 Å². The van der Waals surface area contributed by atoms with Gasteiger partial charge in [0.2, 0.25) is 5.91 Å². The molecule has 0 saturated heterocycles. The predicted octanol–water partition coefficient (Wildman–Crippen LogP) is 3.83. The Bertz CT molecular complexity index is 807. The summed E-state index contributed by atoms with van der Waals surface area (Å²) >= 11 is 0. The molecule has 2 aromatic rings. The molecule has 0 aromatic heterocycles. The summed E-state index contributed by atoms with van der Waals surface area (Å²) in [7, 11) is 3.39. The second-order valence-corrected chi connectivity index (χ2v) is 5.72. The number of nitrogens with zero attached hydrogens (tertiary/aromatic N) is 2. The van der Waals surface area contributed by atoms with Crippen LogP contribution in [0.2, 0.25) is 0 Å². The maximum atomic E-state index is 12.5. The number of hydrogen-bond donors (Lipinski definition) is 0. The van der Waals surface area contributed by atoms with E-state index in [1.54, 1.807) is 37.3 Å². The molecule has 0 fully saturated rings. The number of carbonyl (C=O) groups excluding carboxylic acids is 1. The topological polar surface area (TPSA) is 62.6 Å². The van der Waals surface area contributed by atoms with Crippen LogP contribution >= 0.6 is 0 Å². The minimum Gasteiger partial charge on any atom is -0.496 e. The summed E-state index contributed by atoms with van der Waals surface area (Å²) in [6.45, 7) is 1.98. The van der Waals surface area contributed by atoms with Crippen LogP contribution in [0.4, 0.5) is 0 Å². The van der Waals surface area contributed by atoms with Gasteiger partial charge in [-0.05, 0) is 36.8 Å². The predicted molar refractivity (Wildman–Crippen MR) is 101 cm³/mol. The largest absolute Gasteiger partial charge is 0.496 e. The van der Waals surface area contributed by atoms with E-state index in [1.165, 1.54) is 6.08 Å². The van der Waals surface area contributed by atoms with Gasteiger partial charge in [-0.3, -0.25) is 4.79 Å². The van der Waals surface area contributed by atoms with Gasteiger partial charge in [0.1, 0.15) is 17.6 Å². The van der Waals surface area contributed by atoms with Gasteiger partial charge in [0.25, 0.3) is 0 Å². The summed E-state index contributed by atoms with van der Waals surface area (Å²) in [5.74, 6) is 1.28. The van der Waals surface area contributed by atoms with Crippen LogP contribution in [0.3, 0.4) is 0 Å². The van der Waals surface area contributed by atoms with Crippen LogP contribution in [0.1, 0.15) is 24.1 Å². The molecule has 1 unspecified atom stereocenters. The SMILES string of the molecule is COc1ccccc1C(C)N(C)C(=O)/C=C/c1ccc(OCC#N)cc1. The highest BCUT2D eigenvalue weighted by molar-refractivity contribution is 5.91. The minimum atomic E-state index is -0.120. The van der Waals surface area contributed by atoms with Crippen molar-refractivity contribution in [1.29, 1.82) is 5.26 Å². The van der Waals surface area contributed by atoms with Gasteiger partial charge in [0.05, 0.1) is 13.2 Å². The zero-order valence-electron chi connectivity index (χ0n) is 15.2. The van der Waals surface area contributed by atoms with E-state index in [2.05, 4.69) is 0 Å². The quantitative estimate of drug-likeness (QED) is 0.712. The van der Waals surface area contributed by atoms with Crippen LogP contribution in [-0.4, -0.2) is 31.6 Å². The Hall–Kier alpha value is -3.26. The van der Waals surface area contributed by atoms with Gasteiger partial charge < -0.3 is 14.4 Å². The van der Waals surface area contributed by atoms with E-state index >= 15 is 0 Å².